The highest BCUT2D eigenvalue weighted by Crippen LogP contribution is 1.51. The zero-order valence-corrected chi connectivity index (χ0v) is 3.51. The molecule has 0 aliphatic carbocycles. The Morgan fingerprint density at radius 1 is 1.80 bits per heavy atom. The summed E-state index contributed by atoms with van der Waals surface area (Å²) in [4.78, 5) is 0. The lowest BCUT2D eigenvalue weighted by atomic mass is 10.6. The molecule has 0 aromatic carbocycles. The van der Waals surface area contributed by atoms with Gasteiger partial charge in [-0.3, -0.25) is 0 Å². The Balaban J connectivity index is 3.31. The van der Waals surface area contributed by atoms with Gasteiger partial charge in [-0.1, -0.05) is 12.7 Å². The zero-order chi connectivity index (χ0) is 4.12. The molecule has 0 nitrogen and oxygen atoms in total. The van der Waals surface area contributed by atoms with E-state index >= 15 is 0 Å². The molecule has 0 rings (SSSR count). The molecule has 0 aromatic rings. The summed E-state index contributed by atoms with van der Waals surface area (Å²) in [6.45, 7) is 3.31. The van der Waals surface area contributed by atoms with E-state index in [-0.39, 0.29) is 0 Å². The molecule has 0 N–H and O–H groups in total. The summed E-state index contributed by atoms with van der Waals surface area (Å²) in [6, 6.07) is 0. The molecule has 25 valence electrons. The second-order valence-corrected chi connectivity index (χ2v) is 0.655. The van der Waals surface area contributed by atoms with Crippen molar-refractivity contribution in [3.8, 4) is 0 Å². The molecular weight excluding hydrogens is 80.1 g/mol. The molecule has 0 bridgehead atoms. The van der Waals surface area contributed by atoms with Crippen LogP contribution in [0.2, 0.25) is 0 Å². The molecule has 0 heterocycles. The number of thiocarbonyl (C=S) groups is 1. The molecule has 0 saturated heterocycles. The van der Waals surface area contributed by atoms with Gasteiger partial charge in [-0.05, 0) is 17.2 Å². The highest BCUT2D eigenvalue weighted by atomic mass is 32.1. The van der Waals surface area contributed by atoms with Gasteiger partial charge >= 0.3 is 0 Å². The van der Waals surface area contributed by atoms with Crippen molar-refractivity contribution in [2.45, 2.75) is 0 Å². The number of hydrogen-bond donors (Lipinski definition) is 0. The first-order chi connectivity index (χ1) is 2.41. The first-order valence-corrected chi connectivity index (χ1v) is 1.56. The normalized spacial score (nSPS) is 4.80. The van der Waals surface area contributed by atoms with Gasteiger partial charge < -0.3 is 0 Å². The maximum absolute atomic E-state index is 4.22. The van der Waals surface area contributed by atoms with Crippen LogP contribution in [-0.4, -0.2) is 5.02 Å². The number of allylic oxidation sites excluding steroid dienone is 2. The van der Waals surface area contributed by atoms with Crippen molar-refractivity contribution >= 4 is 17.2 Å². The van der Waals surface area contributed by atoms with Gasteiger partial charge in [-0.2, -0.15) is 0 Å². The van der Waals surface area contributed by atoms with Crippen molar-refractivity contribution in [2.24, 2.45) is 0 Å². The smallest absolute Gasteiger partial charge is 0.0433 e. The van der Waals surface area contributed by atoms with E-state index in [4.69, 9.17) is 0 Å². The van der Waals surface area contributed by atoms with Crippen LogP contribution in [0.15, 0.2) is 12.7 Å². The molecule has 0 saturated carbocycles. The molecule has 5 heavy (non-hydrogen) atoms. The molecule has 1 heteroatoms. The maximum atomic E-state index is 4.22. The summed E-state index contributed by atoms with van der Waals surface area (Å²) in [7, 11) is 0. The predicted octanol–water partition coefficient (Wildman–Crippen LogP) is 1.13. The van der Waals surface area contributed by atoms with Gasteiger partial charge in [0.25, 0.3) is 0 Å². The van der Waals surface area contributed by atoms with E-state index < -0.39 is 0 Å². The number of rotatable bonds is 1. The van der Waals surface area contributed by atoms with Crippen LogP contribution in [0, 0.1) is 6.08 Å². The fraction of sp³-hybridized carbons (Fsp3) is 0. The van der Waals surface area contributed by atoms with Gasteiger partial charge in [0.05, 0.1) is 0 Å². The summed E-state index contributed by atoms with van der Waals surface area (Å²) in [5.41, 5.74) is 0. The van der Waals surface area contributed by atoms with E-state index in [0.29, 0.717) is 0 Å². The van der Waals surface area contributed by atoms with Gasteiger partial charge in [0.1, 0.15) is 0 Å². The third kappa shape index (κ3) is 3.61. The highest BCUT2D eigenvalue weighted by Gasteiger charge is 1.40. The van der Waals surface area contributed by atoms with Crippen LogP contribution >= 0.6 is 12.2 Å². The minimum Gasteiger partial charge on any atom is -0.0978 e. The van der Waals surface area contributed by atoms with E-state index in [9.17, 15) is 0 Å². The van der Waals surface area contributed by atoms with Crippen LogP contribution in [0.1, 0.15) is 0 Å². The zero-order valence-electron chi connectivity index (χ0n) is 2.69. The summed E-state index contributed by atoms with van der Waals surface area (Å²) < 4.78 is 0. The molecular formula is C4H3S. The topological polar surface area (TPSA) is 0 Å². The van der Waals surface area contributed by atoms with Gasteiger partial charge in [-0.25, -0.2) is 0 Å². The molecule has 0 aliphatic heterocycles. The summed E-state index contributed by atoms with van der Waals surface area (Å²) in [6.07, 6.45) is 3.91. The van der Waals surface area contributed by atoms with Crippen molar-refractivity contribution in [2.75, 3.05) is 0 Å². The minimum atomic E-state index is 1.47. The van der Waals surface area contributed by atoms with Crippen molar-refractivity contribution < 1.29 is 0 Å². The largest absolute Gasteiger partial charge is 0.0978 e. The molecule has 0 aliphatic rings. The van der Waals surface area contributed by atoms with Gasteiger partial charge in [0.15, 0.2) is 0 Å². The van der Waals surface area contributed by atoms with Crippen LogP contribution in [0.5, 0.6) is 0 Å². The predicted molar refractivity (Wildman–Crippen MR) is 26.0 cm³/mol. The van der Waals surface area contributed by atoms with Gasteiger partial charge in [0, 0.05) is 6.08 Å². The average molecular weight is 83.1 g/mol. The van der Waals surface area contributed by atoms with Gasteiger partial charge in [0.2, 0.25) is 0 Å². The Morgan fingerprint density at radius 3 is 2.40 bits per heavy atom. The Kier molecular flexibility index (Phi) is 3.33. The standard InChI is InChI=1S/C4H3S/c1-2-3-4-5/h2H,1H2. The van der Waals surface area contributed by atoms with E-state index in [1.807, 2.05) is 0 Å². The third-order valence-corrected chi connectivity index (χ3v) is 0.279. The molecule has 1 radical (unpaired) electrons. The molecule has 0 spiro atoms. The van der Waals surface area contributed by atoms with Crippen LogP contribution in [0.25, 0.3) is 0 Å². The lowest BCUT2D eigenvalue weighted by Crippen LogP contribution is -1.36. The van der Waals surface area contributed by atoms with Crippen LogP contribution in [-0.2, 0) is 0 Å². The van der Waals surface area contributed by atoms with Crippen LogP contribution in [0.4, 0.5) is 0 Å². The van der Waals surface area contributed by atoms with Crippen LogP contribution < -0.4 is 0 Å². The second-order valence-electron chi connectivity index (χ2n) is 0.451. The monoisotopic (exact) mass is 83.0 g/mol. The average Bonchev–Trinajstić information content (AvgIpc) is 1.41. The SMILES string of the molecule is C=C[C]=C=S. The first-order valence-electron chi connectivity index (χ1n) is 1.15. The lowest BCUT2D eigenvalue weighted by Gasteiger charge is -1.43. The Labute approximate surface area is 36.8 Å². The van der Waals surface area contributed by atoms with Crippen molar-refractivity contribution in [3.05, 3.63) is 18.7 Å². The lowest BCUT2D eigenvalue weighted by molar-refractivity contribution is 2.11. The maximum Gasteiger partial charge on any atom is 0.0433 e. The van der Waals surface area contributed by atoms with E-state index in [1.165, 1.54) is 6.08 Å². The van der Waals surface area contributed by atoms with Gasteiger partial charge in [-0.15, -0.1) is 0 Å². The van der Waals surface area contributed by atoms with E-state index in [0.717, 1.165) is 0 Å². The molecule has 0 unspecified atom stereocenters. The summed E-state index contributed by atoms with van der Waals surface area (Å²) in [5.74, 6) is 0. The van der Waals surface area contributed by atoms with E-state index in [2.05, 4.69) is 29.9 Å². The highest BCUT2D eigenvalue weighted by molar-refractivity contribution is 7.78. The summed E-state index contributed by atoms with van der Waals surface area (Å²) in [5, 5.41) is 2.23. The Bertz CT molecular complexity index is 67.7. The van der Waals surface area contributed by atoms with Crippen molar-refractivity contribution in [3.63, 3.8) is 0 Å². The molecule has 0 amide bonds. The fourth-order valence-corrected chi connectivity index (χ4v) is 0.125. The Hall–Kier alpha value is -0.390. The molecule has 0 fully saturated rings. The quantitative estimate of drug-likeness (QED) is 0.338. The fourth-order valence-electron chi connectivity index (χ4n) is 0.0417. The summed E-state index contributed by atoms with van der Waals surface area (Å²) >= 11 is 4.22. The van der Waals surface area contributed by atoms with E-state index in [1.54, 1.807) is 0 Å². The second kappa shape index (κ2) is 3.61. The molecule has 0 aromatic heterocycles. The first kappa shape index (κ1) is 4.61. The van der Waals surface area contributed by atoms with Crippen molar-refractivity contribution in [1.82, 2.24) is 0 Å². The van der Waals surface area contributed by atoms with Crippen molar-refractivity contribution in [1.29, 1.82) is 0 Å². The Morgan fingerprint density at radius 2 is 2.40 bits per heavy atom. The number of hydrogen-bond acceptors (Lipinski definition) is 1. The minimum absolute atomic E-state index is 1.47. The third-order valence-electron chi connectivity index (χ3n) is 0.161. The van der Waals surface area contributed by atoms with Crippen LogP contribution in [0.3, 0.4) is 0 Å². The molecule has 0 atom stereocenters.